The minimum Gasteiger partial charge on any atom is -0.258 e. The molecule has 0 atom stereocenters. The van der Waals surface area contributed by atoms with Crippen LogP contribution in [-0.2, 0) is 0 Å². The fraction of sp³-hybridized carbons (Fsp3) is 0.0455. The van der Waals surface area contributed by atoms with Gasteiger partial charge in [-0.3, -0.25) is 20.2 Å². The summed E-state index contributed by atoms with van der Waals surface area (Å²) in [6.45, 7) is 1.97. The fourth-order valence-corrected chi connectivity index (χ4v) is 3.47. The minimum atomic E-state index is -0.659. The van der Waals surface area contributed by atoms with Gasteiger partial charge in [0, 0.05) is 21.7 Å². The Morgan fingerprint density at radius 3 is 2.10 bits per heavy atom. The molecule has 0 aliphatic carbocycles. The Kier molecular flexibility index (Phi) is 5.35. The number of aryl methyl sites for hydroxylation is 1. The number of nitrogens with zero attached hydrogens (tertiary/aromatic N) is 4. The van der Waals surface area contributed by atoms with Crippen molar-refractivity contribution in [2.75, 3.05) is 0 Å². The Balaban J connectivity index is 1.96. The van der Waals surface area contributed by atoms with Crippen LogP contribution in [0.25, 0.3) is 28.2 Å². The van der Waals surface area contributed by atoms with Crippen molar-refractivity contribution in [1.29, 1.82) is 0 Å². The zero-order valence-corrected chi connectivity index (χ0v) is 17.8. The lowest BCUT2D eigenvalue weighted by atomic mass is 10.1. The van der Waals surface area contributed by atoms with Crippen LogP contribution in [0.5, 0.6) is 0 Å². The van der Waals surface area contributed by atoms with Gasteiger partial charge in [0.25, 0.3) is 5.69 Å². The molecule has 0 saturated heterocycles. The predicted octanol–water partition coefficient (Wildman–Crippen LogP) is 6.09. The standard InChI is InChI=1S/C22H15BrN4O4/c1-14-2-4-16(5-3-14)21-13-19(15-6-8-17(23)9-7-15)24-25(21)20-11-10-18(26(28)29)12-22(20)27(30)31/h2-13H,1H3. The lowest BCUT2D eigenvalue weighted by molar-refractivity contribution is -0.394. The molecule has 0 bridgehead atoms. The van der Waals surface area contributed by atoms with Crippen LogP contribution in [0.3, 0.4) is 0 Å². The van der Waals surface area contributed by atoms with Gasteiger partial charge in [0.05, 0.1) is 27.3 Å². The van der Waals surface area contributed by atoms with Gasteiger partial charge in [-0.25, -0.2) is 4.68 Å². The van der Waals surface area contributed by atoms with Crippen LogP contribution in [0.2, 0.25) is 0 Å². The molecule has 154 valence electrons. The highest BCUT2D eigenvalue weighted by Gasteiger charge is 2.24. The number of nitro groups is 2. The molecule has 0 N–H and O–H groups in total. The molecule has 1 heterocycles. The first-order valence-corrected chi connectivity index (χ1v) is 9.99. The van der Waals surface area contributed by atoms with Crippen molar-refractivity contribution >= 4 is 27.3 Å². The van der Waals surface area contributed by atoms with Crippen molar-refractivity contribution in [3.8, 4) is 28.2 Å². The molecule has 3 aromatic carbocycles. The second kappa shape index (κ2) is 8.11. The number of nitro benzene ring substituents is 2. The smallest absolute Gasteiger partial charge is 0.258 e. The van der Waals surface area contributed by atoms with Crippen molar-refractivity contribution in [3.63, 3.8) is 0 Å². The molecular weight excluding hydrogens is 464 g/mol. The van der Waals surface area contributed by atoms with Gasteiger partial charge < -0.3 is 0 Å². The first kappa shape index (κ1) is 20.4. The third-order valence-electron chi connectivity index (χ3n) is 4.79. The molecule has 1 aromatic heterocycles. The molecule has 0 saturated carbocycles. The summed E-state index contributed by atoms with van der Waals surface area (Å²) in [6.07, 6.45) is 0. The Labute approximate surface area is 185 Å². The van der Waals surface area contributed by atoms with Gasteiger partial charge in [-0.15, -0.1) is 0 Å². The van der Waals surface area contributed by atoms with Crippen molar-refractivity contribution < 1.29 is 9.85 Å². The second-order valence-corrected chi connectivity index (χ2v) is 7.80. The van der Waals surface area contributed by atoms with E-state index in [0.717, 1.165) is 27.2 Å². The first-order chi connectivity index (χ1) is 14.8. The molecular formula is C22H15BrN4O4. The summed E-state index contributed by atoms with van der Waals surface area (Å²) in [5, 5.41) is 27.5. The number of hydrogen-bond donors (Lipinski definition) is 0. The van der Waals surface area contributed by atoms with Crippen LogP contribution in [-0.4, -0.2) is 19.6 Å². The number of hydrogen-bond acceptors (Lipinski definition) is 5. The van der Waals surface area contributed by atoms with Crippen LogP contribution in [0.1, 0.15) is 5.56 Å². The molecule has 0 fully saturated rings. The fourth-order valence-electron chi connectivity index (χ4n) is 3.21. The maximum Gasteiger partial charge on any atom is 0.301 e. The zero-order chi connectivity index (χ0) is 22.1. The third-order valence-corrected chi connectivity index (χ3v) is 5.32. The Morgan fingerprint density at radius 2 is 1.48 bits per heavy atom. The van der Waals surface area contributed by atoms with E-state index in [-0.39, 0.29) is 11.4 Å². The summed E-state index contributed by atoms with van der Waals surface area (Å²) in [5.41, 5.74) is 3.37. The summed E-state index contributed by atoms with van der Waals surface area (Å²) < 4.78 is 2.38. The van der Waals surface area contributed by atoms with E-state index in [1.807, 2.05) is 61.5 Å². The zero-order valence-electron chi connectivity index (χ0n) is 16.2. The highest BCUT2D eigenvalue weighted by molar-refractivity contribution is 9.10. The van der Waals surface area contributed by atoms with E-state index >= 15 is 0 Å². The van der Waals surface area contributed by atoms with Gasteiger partial charge in [0.2, 0.25) is 0 Å². The topological polar surface area (TPSA) is 104 Å². The van der Waals surface area contributed by atoms with Crippen LogP contribution < -0.4 is 0 Å². The van der Waals surface area contributed by atoms with E-state index in [0.29, 0.717) is 11.4 Å². The molecule has 4 rings (SSSR count). The normalized spacial score (nSPS) is 10.8. The Hall–Kier alpha value is -3.85. The quantitative estimate of drug-likeness (QED) is 0.254. The Morgan fingerprint density at radius 1 is 0.839 bits per heavy atom. The van der Waals surface area contributed by atoms with E-state index in [1.54, 1.807) is 0 Å². The SMILES string of the molecule is Cc1ccc(-c2cc(-c3ccc(Br)cc3)nn2-c2ccc([N+](=O)[O-])cc2[N+](=O)[O-])cc1. The monoisotopic (exact) mass is 478 g/mol. The largest absolute Gasteiger partial charge is 0.301 e. The minimum absolute atomic E-state index is 0.148. The van der Waals surface area contributed by atoms with E-state index in [1.165, 1.54) is 16.8 Å². The summed E-state index contributed by atoms with van der Waals surface area (Å²) in [4.78, 5) is 21.5. The average molecular weight is 479 g/mol. The highest BCUT2D eigenvalue weighted by atomic mass is 79.9. The van der Waals surface area contributed by atoms with Crippen molar-refractivity contribution in [2.45, 2.75) is 6.92 Å². The maximum absolute atomic E-state index is 11.7. The molecule has 8 nitrogen and oxygen atoms in total. The second-order valence-electron chi connectivity index (χ2n) is 6.89. The molecule has 0 aliphatic heterocycles. The lowest BCUT2D eigenvalue weighted by Gasteiger charge is -2.08. The van der Waals surface area contributed by atoms with E-state index in [2.05, 4.69) is 21.0 Å². The molecule has 31 heavy (non-hydrogen) atoms. The van der Waals surface area contributed by atoms with E-state index in [4.69, 9.17) is 0 Å². The number of halogens is 1. The van der Waals surface area contributed by atoms with Crippen LogP contribution in [0.4, 0.5) is 11.4 Å². The lowest BCUT2D eigenvalue weighted by Crippen LogP contribution is -2.04. The molecule has 0 amide bonds. The summed E-state index contributed by atoms with van der Waals surface area (Å²) in [5.74, 6) is 0. The van der Waals surface area contributed by atoms with Crippen molar-refractivity contribution in [3.05, 3.63) is 103 Å². The number of non-ortho nitro benzene ring substituents is 1. The van der Waals surface area contributed by atoms with E-state index in [9.17, 15) is 20.2 Å². The molecule has 0 unspecified atom stereocenters. The van der Waals surface area contributed by atoms with Gasteiger partial charge in [0.15, 0.2) is 0 Å². The first-order valence-electron chi connectivity index (χ1n) is 9.20. The van der Waals surface area contributed by atoms with Gasteiger partial charge in [-0.05, 0) is 31.2 Å². The van der Waals surface area contributed by atoms with E-state index < -0.39 is 15.5 Å². The van der Waals surface area contributed by atoms with Gasteiger partial charge in [-0.1, -0.05) is 57.9 Å². The van der Waals surface area contributed by atoms with Crippen molar-refractivity contribution in [1.82, 2.24) is 9.78 Å². The number of benzene rings is 3. The van der Waals surface area contributed by atoms with Gasteiger partial charge >= 0.3 is 5.69 Å². The van der Waals surface area contributed by atoms with Gasteiger partial charge in [0.1, 0.15) is 5.69 Å². The third kappa shape index (κ3) is 4.08. The van der Waals surface area contributed by atoms with Gasteiger partial charge in [-0.2, -0.15) is 5.10 Å². The van der Waals surface area contributed by atoms with Crippen molar-refractivity contribution in [2.24, 2.45) is 0 Å². The predicted molar refractivity (Wildman–Crippen MR) is 120 cm³/mol. The van der Waals surface area contributed by atoms with Crippen LogP contribution in [0.15, 0.2) is 77.3 Å². The molecule has 9 heteroatoms. The van der Waals surface area contributed by atoms with Crippen LogP contribution >= 0.6 is 15.9 Å². The summed E-state index contributed by atoms with van der Waals surface area (Å²) >= 11 is 3.41. The molecule has 0 spiro atoms. The molecule has 0 aliphatic rings. The Bertz CT molecular complexity index is 1300. The summed E-state index contributed by atoms with van der Waals surface area (Å²) in [6, 6.07) is 20.6. The molecule has 0 radical (unpaired) electrons. The van der Waals surface area contributed by atoms with Crippen LogP contribution in [0, 0.1) is 27.2 Å². The average Bonchev–Trinajstić information content (AvgIpc) is 3.19. The number of aromatic nitrogens is 2. The maximum atomic E-state index is 11.7. The number of rotatable bonds is 5. The molecule has 4 aromatic rings. The highest BCUT2D eigenvalue weighted by Crippen LogP contribution is 2.34. The summed E-state index contributed by atoms with van der Waals surface area (Å²) in [7, 11) is 0.